The van der Waals surface area contributed by atoms with E-state index in [1.807, 2.05) is 48.3 Å². The fourth-order valence-electron chi connectivity index (χ4n) is 3.63. The summed E-state index contributed by atoms with van der Waals surface area (Å²) in [5, 5.41) is 10.6. The number of benzene rings is 1. The number of nitrogens with one attached hydrogen (secondary N) is 2. The molecule has 0 unspecified atom stereocenters. The van der Waals surface area contributed by atoms with E-state index in [-0.39, 0.29) is 30.2 Å². The maximum atomic E-state index is 12.9. The Bertz CT molecular complexity index is 917. The molecule has 1 aliphatic heterocycles. The highest BCUT2D eigenvalue weighted by Crippen LogP contribution is 2.29. The summed E-state index contributed by atoms with van der Waals surface area (Å²) in [5.41, 5.74) is 3.03. The number of para-hydroxylation sites is 2. The van der Waals surface area contributed by atoms with Crippen LogP contribution in [0.4, 0.5) is 5.95 Å². The van der Waals surface area contributed by atoms with Gasteiger partial charge in [0.05, 0.1) is 23.1 Å². The van der Waals surface area contributed by atoms with Gasteiger partial charge in [-0.15, -0.1) is 12.4 Å². The van der Waals surface area contributed by atoms with Crippen LogP contribution in [0.5, 0.6) is 0 Å². The largest absolute Gasteiger partial charge is 0.315 e. The predicted molar refractivity (Wildman–Crippen MR) is 104 cm³/mol. The third-order valence-electron chi connectivity index (χ3n) is 4.91. The van der Waals surface area contributed by atoms with Gasteiger partial charge in [-0.25, -0.2) is 4.98 Å². The van der Waals surface area contributed by atoms with Crippen molar-refractivity contribution in [2.45, 2.75) is 19.4 Å². The van der Waals surface area contributed by atoms with Crippen LogP contribution in [0.1, 0.15) is 18.4 Å². The number of fused-ring (bicyclic) bond motifs is 1. The molecule has 7 nitrogen and oxygen atoms in total. The van der Waals surface area contributed by atoms with E-state index in [9.17, 15) is 4.79 Å². The molecule has 3 aromatic rings. The second-order valence-corrected chi connectivity index (χ2v) is 6.48. The van der Waals surface area contributed by atoms with E-state index in [4.69, 9.17) is 0 Å². The van der Waals surface area contributed by atoms with Crippen LogP contribution in [0.3, 0.4) is 0 Å². The highest BCUT2D eigenvalue weighted by atomic mass is 35.5. The van der Waals surface area contributed by atoms with Crippen LogP contribution in [-0.4, -0.2) is 38.3 Å². The Morgan fingerprint density at radius 2 is 2.15 bits per heavy atom. The average Bonchev–Trinajstić information content (AvgIpc) is 3.31. The third kappa shape index (κ3) is 3.20. The molecule has 0 radical (unpaired) electrons. The SMILES string of the molecule is CCn1c(NC(=O)[C@H]2CNC[C@@H]2c2cnn(C)c2)nc2ccccc21.Cl. The molecule has 0 saturated carbocycles. The summed E-state index contributed by atoms with van der Waals surface area (Å²) in [6.45, 7) is 4.26. The van der Waals surface area contributed by atoms with E-state index in [1.165, 1.54) is 0 Å². The molecule has 0 spiro atoms. The fourth-order valence-corrected chi connectivity index (χ4v) is 3.63. The molecule has 1 amide bonds. The van der Waals surface area contributed by atoms with Crippen molar-refractivity contribution in [2.24, 2.45) is 13.0 Å². The molecule has 1 fully saturated rings. The van der Waals surface area contributed by atoms with E-state index in [2.05, 4.69) is 27.6 Å². The predicted octanol–water partition coefficient (Wildman–Crippen LogP) is 2.15. The van der Waals surface area contributed by atoms with E-state index in [1.54, 1.807) is 4.68 Å². The highest BCUT2D eigenvalue weighted by Gasteiger charge is 2.35. The topological polar surface area (TPSA) is 76.8 Å². The van der Waals surface area contributed by atoms with Gasteiger partial charge < -0.3 is 9.88 Å². The van der Waals surface area contributed by atoms with E-state index in [0.29, 0.717) is 12.5 Å². The number of aromatic nitrogens is 4. The molecule has 26 heavy (non-hydrogen) atoms. The number of carbonyl (C=O) groups excluding carboxylic acids is 1. The number of anilines is 1. The molecule has 2 N–H and O–H groups in total. The number of hydrogen-bond donors (Lipinski definition) is 2. The van der Waals surface area contributed by atoms with Gasteiger partial charge in [-0.2, -0.15) is 5.10 Å². The molecule has 138 valence electrons. The lowest BCUT2D eigenvalue weighted by Crippen LogP contribution is -2.29. The Morgan fingerprint density at radius 1 is 1.35 bits per heavy atom. The van der Waals surface area contributed by atoms with Crippen molar-refractivity contribution >= 4 is 35.3 Å². The number of halogens is 1. The number of imidazole rings is 1. The van der Waals surface area contributed by atoms with Gasteiger partial charge in [0.1, 0.15) is 0 Å². The van der Waals surface area contributed by atoms with Crippen molar-refractivity contribution < 1.29 is 4.79 Å². The smallest absolute Gasteiger partial charge is 0.231 e. The molecule has 0 bridgehead atoms. The number of hydrogen-bond acceptors (Lipinski definition) is 4. The van der Waals surface area contributed by atoms with Gasteiger partial charge in [0, 0.05) is 38.8 Å². The first-order chi connectivity index (χ1) is 12.2. The zero-order chi connectivity index (χ0) is 17.4. The Labute approximate surface area is 158 Å². The highest BCUT2D eigenvalue weighted by molar-refractivity contribution is 5.94. The second-order valence-electron chi connectivity index (χ2n) is 6.48. The van der Waals surface area contributed by atoms with Gasteiger partial charge in [0.15, 0.2) is 0 Å². The molecule has 0 aliphatic carbocycles. The zero-order valence-electron chi connectivity index (χ0n) is 14.8. The standard InChI is InChI=1S/C18H22N6O.ClH/c1-3-24-16-7-5-4-6-15(16)21-18(24)22-17(25)14-10-19-9-13(14)12-8-20-23(2)11-12;/h4-8,11,13-14,19H,3,9-10H2,1-2H3,(H,21,22,25);1H/t13-,14+;/m1./s1. The molecule has 1 aromatic carbocycles. The molecule has 3 heterocycles. The van der Waals surface area contributed by atoms with Crippen LogP contribution in [0, 0.1) is 5.92 Å². The van der Waals surface area contributed by atoms with Crippen molar-refractivity contribution in [3.05, 3.63) is 42.2 Å². The van der Waals surface area contributed by atoms with Crippen molar-refractivity contribution in [3.63, 3.8) is 0 Å². The number of nitrogens with zero attached hydrogens (tertiary/aromatic N) is 4. The van der Waals surface area contributed by atoms with Gasteiger partial charge in [0.25, 0.3) is 0 Å². The summed E-state index contributed by atoms with van der Waals surface area (Å²) < 4.78 is 3.81. The third-order valence-corrected chi connectivity index (χ3v) is 4.91. The van der Waals surface area contributed by atoms with Gasteiger partial charge >= 0.3 is 0 Å². The van der Waals surface area contributed by atoms with E-state index in [0.717, 1.165) is 29.7 Å². The van der Waals surface area contributed by atoms with E-state index < -0.39 is 0 Å². The fraction of sp³-hybridized carbons (Fsp3) is 0.389. The van der Waals surface area contributed by atoms with E-state index >= 15 is 0 Å². The minimum atomic E-state index is -0.130. The number of amides is 1. The minimum Gasteiger partial charge on any atom is -0.315 e. The summed E-state index contributed by atoms with van der Waals surface area (Å²) >= 11 is 0. The van der Waals surface area contributed by atoms with Crippen LogP contribution in [0.25, 0.3) is 11.0 Å². The van der Waals surface area contributed by atoms with Gasteiger partial charge in [-0.3, -0.25) is 14.8 Å². The second kappa shape index (κ2) is 7.47. The average molecular weight is 375 g/mol. The maximum absolute atomic E-state index is 12.9. The van der Waals surface area contributed by atoms with Crippen molar-refractivity contribution in [2.75, 3.05) is 18.4 Å². The zero-order valence-corrected chi connectivity index (χ0v) is 15.7. The van der Waals surface area contributed by atoms with Gasteiger partial charge in [-0.05, 0) is 24.6 Å². The lowest BCUT2D eigenvalue weighted by Gasteiger charge is -2.17. The lowest BCUT2D eigenvalue weighted by molar-refractivity contribution is -0.119. The van der Waals surface area contributed by atoms with Gasteiger partial charge in [-0.1, -0.05) is 12.1 Å². The summed E-state index contributed by atoms with van der Waals surface area (Å²) in [7, 11) is 1.89. The van der Waals surface area contributed by atoms with Gasteiger partial charge in [0.2, 0.25) is 11.9 Å². The molecule has 2 aromatic heterocycles. The summed E-state index contributed by atoms with van der Waals surface area (Å²) in [6.07, 6.45) is 3.83. The Morgan fingerprint density at radius 3 is 2.88 bits per heavy atom. The first-order valence-corrected chi connectivity index (χ1v) is 8.62. The first-order valence-electron chi connectivity index (χ1n) is 8.62. The number of aryl methyl sites for hydroxylation is 2. The number of rotatable bonds is 4. The number of carbonyl (C=O) groups is 1. The Balaban J connectivity index is 0.00000196. The van der Waals surface area contributed by atoms with Crippen LogP contribution in [0.2, 0.25) is 0 Å². The molecule has 1 aliphatic rings. The molecule has 1 saturated heterocycles. The van der Waals surface area contributed by atoms with Crippen LogP contribution in [-0.2, 0) is 18.4 Å². The summed E-state index contributed by atoms with van der Waals surface area (Å²) in [4.78, 5) is 17.5. The molecular weight excluding hydrogens is 352 g/mol. The van der Waals surface area contributed by atoms with Crippen LogP contribution >= 0.6 is 12.4 Å². The normalized spacial score (nSPS) is 19.5. The van der Waals surface area contributed by atoms with Crippen LogP contribution in [0.15, 0.2) is 36.7 Å². The van der Waals surface area contributed by atoms with Crippen molar-refractivity contribution in [1.29, 1.82) is 0 Å². The Hall–Kier alpha value is -2.38. The molecular formula is C18H23ClN6O. The molecule has 2 atom stereocenters. The lowest BCUT2D eigenvalue weighted by atomic mass is 9.90. The Kier molecular flexibility index (Phi) is 5.29. The quantitative estimate of drug-likeness (QED) is 0.733. The maximum Gasteiger partial charge on any atom is 0.231 e. The van der Waals surface area contributed by atoms with Crippen molar-refractivity contribution in [1.82, 2.24) is 24.6 Å². The molecule has 8 heteroatoms. The minimum absolute atomic E-state index is 0. The van der Waals surface area contributed by atoms with Crippen LogP contribution < -0.4 is 10.6 Å². The summed E-state index contributed by atoms with van der Waals surface area (Å²) in [5.74, 6) is 0.622. The molecule has 4 rings (SSSR count). The first kappa shape index (κ1) is 18.4. The monoisotopic (exact) mass is 374 g/mol. The van der Waals surface area contributed by atoms with Crippen molar-refractivity contribution in [3.8, 4) is 0 Å². The summed E-state index contributed by atoms with van der Waals surface area (Å²) in [6, 6.07) is 7.94.